The number of nitrogen functional groups attached to an aromatic ring is 1. The number of aromatic nitrogens is 1. The molecular weight excluding hydrogens is 183 g/mol. The molecule has 2 rings (SSSR count). The minimum Gasteiger partial charge on any atom is -0.394 e. The summed E-state index contributed by atoms with van der Waals surface area (Å²) in [6, 6.07) is 4.80. The smallest absolute Gasteiger partial charge is 0.189 e. The summed E-state index contributed by atoms with van der Waals surface area (Å²) in [6.45, 7) is 1.70. The maximum Gasteiger partial charge on any atom is 0.189 e. The molecule has 0 atom stereocenters. The molecule has 4 heteroatoms. The Kier molecular flexibility index (Phi) is 1.96. The predicted molar refractivity (Wildman–Crippen MR) is 51.0 cm³/mol. The van der Waals surface area contributed by atoms with E-state index >= 15 is 0 Å². The highest BCUT2D eigenvalue weighted by molar-refractivity contribution is 5.70. The number of nitrogens with two attached hydrogens (primary N) is 1. The fourth-order valence-corrected chi connectivity index (χ4v) is 1.20. The average molecular weight is 192 g/mol. The Balaban J connectivity index is 2.53. The van der Waals surface area contributed by atoms with Crippen LogP contribution in [0.3, 0.4) is 0 Å². The molecule has 1 heterocycles. The molecule has 0 aliphatic rings. The number of nitrogens with zero attached hydrogens (tertiary/aromatic N) is 1. The van der Waals surface area contributed by atoms with Gasteiger partial charge in [-0.3, -0.25) is 0 Å². The van der Waals surface area contributed by atoms with Crippen LogP contribution in [0.15, 0.2) is 28.9 Å². The van der Waals surface area contributed by atoms with Gasteiger partial charge in [0.2, 0.25) is 0 Å². The Bertz CT molecular complexity index is 465. The summed E-state index contributed by atoms with van der Waals surface area (Å²) in [5.74, 6) is 0.127. The molecule has 3 nitrogen and oxygen atoms in total. The Labute approximate surface area is 80.3 Å². The highest BCUT2D eigenvalue weighted by Crippen LogP contribution is 2.26. The Hall–Kier alpha value is -1.84. The molecule has 0 fully saturated rings. The summed E-state index contributed by atoms with van der Waals surface area (Å²) >= 11 is 0. The van der Waals surface area contributed by atoms with Gasteiger partial charge in [0, 0.05) is 5.56 Å². The molecule has 14 heavy (non-hydrogen) atoms. The van der Waals surface area contributed by atoms with E-state index in [1.54, 1.807) is 19.1 Å². The van der Waals surface area contributed by atoms with Gasteiger partial charge < -0.3 is 10.3 Å². The summed E-state index contributed by atoms with van der Waals surface area (Å²) < 4.78 is 18.1. The van der Waals surface area contributed by atoms with E-state index in [0.717, 1.165) is 0 Å². The standard InChI is InChI=1S/C10H9FN2O/c1-6-2-3-7(4-8(6)11)10-9(12)5-13-14-10/h2-5H,12H2,1H3. The molecule has 0 bridgehead atoms. The summed E-state index contributed by atoms with van der Waals surface area (Å²) in [4.78, 5) is 0. The lowest BCUT2D eigenvalue weighted by atomic mass is 10.1. The van der Waals surface area contributed by atoms with Gasteiger partial charge in [0.25, 0.3) is 0 Å². The van der Waals surface area contributed by atoms with E-state index in [0.29, 0.717) is 22.6 Å². The highest BCUT2D eigenvalue weighted by atomic mass is 19.1. The van der Waals surface area contributed by atoms with Crippen LogP contribution in [0, 0.1) is 12.7 Å². The van der Waals surface area contributed by atoms with E-state index in [-0.39, 0.29) is 5.82 Å². The minimum atomic E-state index is -0.279. The first-order valence-electron chi connectivity index (χ1n) is 4.15. The number of halogens is 1. The van der Waals surface area contributed by atoms with Gasteiger partial charge in [-0.05, 0) is 18.6 Å². The van der Waals surface area contributed by atoms with Crippen molar-refractivity contribution in [2.24, 2.45) is 0 Å². The summed E-state index contributed by atoms with van der Waals surface area (Å²) in [7, 11) is 0. The fourth-order valence-electron chi connectivity index (χ4n) is 1.20. The lowest BCUT2D eigenvalue weighted by Gasteiger charge is -1.99. The van der Waals surface area contributed by atoms with Crippen LogP contribution in [0.2, 0.25) is 0 Å². The lowest BCUT2D eigenvalue weighted by Crippen LogP contribution is -1.87. The van der Waals surface area contributed by atoms with E-state index in [1.807, 2.05) is 0 Å². The maximum absolute atomic E-state index is 13.2. The van der Waals surface area contributed by atoms with E-state index in [9.17, 15) is 4.39 Å². The predicted octanol–water partition coefficient (Wildman–Crippen LogP) is 2.37. The van der Waals surface area contributed by atoms with Gasteiger partial charge in [-0.25, -0.2) is 4.39 Å². The zero-order chi connectivity index (χ0) is 10.1. The van der Waals surface area contributed by atoms with E-state index in [4.69, 9.17) is 10.3 Å². The molecule has 0 saturated heterocycles. The van der Waals surface area contributed by atoms with Gasteiger partial charge in [-0.1, -0.05) is 17.3 Å². The molecule has 0 radical (unpaired) electrons. The van der Waals surface area contributed by atoms with Crippen molar-refractivity contribution in [2.45, 2.75) is 6.92 Å². The molecule has 1 aromatic heterocycles. The number of hydrogen-bond acceptors (Lipinski definition) is 3. The number of rotatable bonds is 1. The second-order valence-corrected chi connectivity index (χ2v) is 3.07. The molecule has 0 amide bonds. The zero-order valence-electron chi connectivity index (χ0n) is 7.62. The van der Waals surface area contributed by atoms with Crippen LogP contribution < -0.4 is 5.73 Å². The number of aryl methyl sites for hydroxylation is 1. The monoisotopic (exact) mass is 192 g/mol. The van der Waals surface area contributed by atoms with Gasteiger partial charge in [-0.15, -0.1) is 0 Å². The average Bonchev–Trinajstić information content (AvgIpc) is 2.57. The van der Waals surface area contributed by atoms with Crippen molar-refractivity contribution in [2.75, 3.05) is 5.73 Å². The fraction of sp³-hybridized carbons (Fsp3) is 0.100. The van der Waals surface area contributed by atoms with Crippen LogP contribution in [0.25, 0.3) is 11.3 Å². The SMILES string of the molecule is Cc1ccc(-c2oncc2N)cc1F. The molecule has 72 valence electrons. The maximum atomic E-state index is 13.2. The van der Waals surface area contributed by atoms with Crippen LogP contribution in [-0.4, -0.2) is 5.16 Å². The van der Waals surface area contributed by atoms with Crippen LogP contribution in [0.4, 0.5) is 10.1 Å². The summed E-state index contributed by atoms with van der Waals surface area (Å²) in [5.41, 5.74) is 7.18. The van der Waals surface area contributed by atoms with Crippen molar-refractivity contribution >= 4 is 5.69 Å². The Morgan fingerprint density at radius 1 is 1.43 bits per heavy atom. The quantitative estimate of drug-likeness (QED) is 0.754. The third kappa shape index (κ3) is 1.35. The molecule has 0 aliphatic carbocycles. The first-order valence-corrected chi connectivity index (χ1v) is 4.15. The van der Waals surface area contributed by atoms with Gasteiger partial charge in [0.05, 0.1) is 6.20 Å². The topological polar surface area (TPSA) is 52.0 Å². The third-order valence-corrected chi connectivity index (χ3v) is 2.03. The number of hydrogen-bond donors (Lipinski definition) is 1. The molecule has 2 aromatic rings. The first kappa shape index (κ1) is 8.74. The van der Waals surface area contributed by atoms with Crippen molar-refractivity contribution in [3.63, 3.8) is 0 Å². The van der Waals surface area contributed by atoms with Crippen LogP contribution >= 0.6 is 0 Å². The highest BCUT2D eigenvalue weighted by Gasteiger charge is 2.09. The lowest BCUT2D eigenvalue weighted by molar-refractivity contribution is 0.432. The van der Waals surface area contributed by atoms with Crippen molar-refractivity contribution in [1.82, 2.24) is 5.16 Å². The molecule has 2 N–H and O–H groups in total. The van der Waals surface area contributed by atoms with Crippen LogP contribution in [-0.2, 0) is 0 Å². The van der Waals surface area contributed by atoms with Gasteiger partial charge in [0.1, 0.15) is 11.5 Å². The van der Waals surface area contributed by atoms with Crippen molar-refractivity contribution in [3.8, 4) is 11.3 Å². The van der Waals surface area contributed by atoms with Crippen LogP contribution in [0.1, 0.15) is 5.56 Å². The van der Waals surface area contributed by atoms with E-state index in [2.05, 4.69) is 5.16 Å². The molecule has 0 aliphatic heterocycles. The second-order valence-electron chi connectivity index (χ2n) is 3.07. The van der Waals surface area contributed by atoms with E-state index < -0.39 is 0 Å². The Morgan fingerprint density at radius 3 is 2.79 bits per heavy atom. The molecule has 0 unspecified atom stereocenters. The van der Waals surface area contributed by atoms with Gasteiger partial charge in [-0.2, -0.15) is 0 Å². The molecule has 0 spiro atoms. The first-order chi connectivity index (χ1) is 6.68. The molecular formula is C10H9FN2O. The van der Waals surface area contributed by atoms with Crippen LogP contribution in [0.5, 0.6) is 0 Å². The third-order valence-electron chi connectivity index (χ3n) is 2.03. The molecule has 1 aromatic carbocycles. The van der Waals surface area contributed by atoms with Crippen molar-refractivity contribution in [1.29, 1.82) is 0 Å². The number of anilines is 1. The van der Waals surface area contributed by atoms with Gasteiger partial charge >= 0.3 is 0 Å². The van der Waals surface area contributed by atoms with E-state index in [1.165, 1.54) is 12.3 Å². The van der Waals surface area contributed by atoms with Gasteiger partial charge in [0.15, 0.2) is 5.76 Å². The zero-order valence-corrected chi connectivity index (χ0v) is 7.62. The Morgan fingerprint density at radius 2 is 2.21 bits per heavy atom. The number of benzene rings is 1. The second kappa shape index (κ2) is 3.14. The normalized spacial score (nSPS) is 10.4. The minimum absolute atomic E-state index is 0.279. The largest absolute Gasteiger partial charge is 0.394 e. The van der Waals surface area contributed by atoms with Crippen molar-refractivity contribution < 1.29 is 8.91 Å². The molecule has 0 saturated carbocycles. The van der Waals surface area contributed by atoms with Crippen molar-refractivity contribution in [3.05, 3.63) is 35.8 Å². The summed E-state index contributed by atoms with van der Waals surface area (Å²) in [5, 5.41) is 3.53. The summed E-state index contributed by atoms with van der Waals surface area (Å²) in [6.07, 6.45) is 1.40.